The Labute approximate surface area is 91.8 Å². The van der Waals surface area contributed by atoms with Crippen molar-refractivity contribution in [1.29, 1.82) is 0 Å². The average Bonchev–Trinajstić information content (AvgIpc) is 1.94. The van der Waals surface area contributed by atoms with E-state index in [0.717, 1.165) is 7.14 Å². The van der Waals surface area contributed by atoms with E-state index in [-0.39, 0.29) is 5.91 Å². The molecule has 0 aromatic heterocycles. The van der Waals surface area contributed by atoms with Gasteiger partial charge in [-0.2, -0.15) is 0 Å². The fourth-order valence-corrected chi connectivity index (χ4v) is 1.50. The summed E-state index contributed by atoms with van der Waals surface area (Å²) < 4.78 is 2.19. The quantitative estimate of drug-likeness (QED) is 0.753. The van der Waals surface area contributed by atoms with Crippen LogP contribution in [-0.4, -0.2) is 5.91 Å². The Morgan fingerprint density at radius 2 is 1.91 bits per heavy atom. The Morgan fingerprint density at radius 1 is 1.27 bits per heavy atom. The number of rotatable bonds is 1. The number of amides is 1. The van der Waals surface area contributed by atoms with Crippen molar-refractivity contribution in [1.82, 2.24) is 0 Å². The average molecular weight is 373 g/mol. The molecule has 0 unspecified atom stereocenters. The SMILES string of the molecule is NC(=O)c1ccc(I)c(I)c1. The number of primary amides is 1. The molecule has 0 fully saturated rings. The molecule has 4 heteroatoms. The van der Waals surface area contributed by atoms with Gasteiger partial charge in [0.25, 0.3) is 0 Å². The molecular weight excluding hydrogens is 368 g/mol. The van der Waals surface area contributed by atoms with Crippen LogP contribution in [0.1, 0.15) is 10.4 Å². The van der Waals surface area contributed by atoms with Crippen molar-refractivity contribution in [2.45, 2.75) is 0 Å². The number of hydrogen-bond donors (Lipinski definition) is 1. The minimum Gasteiger partial charge on any atom is -0.366 e. The molecule has 0 aliphatic carbocycles. The monoisotopic (exact) mass is 373 g/mol. The van der Waals surface area contributed by atoms with E-state index in [2.05, 4.69) is 45.2 Å². The molecule has 1 aromatic carbocycles. The maximum atomic E-state index is 10.7. The van der Waals surface area contributed by atoms with Gasteiger partial charge in [0.05, 0.1) is 0 Å². The van der Waals surface area contributed by atoms with E-state index in [1.54, 1.807) is 12.1 Å². The lowest BCUT2D eigenvalue weighted by Crippen LogP contribution is -2.10. The molecule has 58 valence electrons. The highest BCUT2D eigenvalue weighted by atomic mass is 127. The summed E-state index contributed by atoms with van der Waals surface area (Å²) >= 11 is 4.37. The first-order valence-corrected chi connectivity index (χ1v) is 5.02. The number of halogens is 2. The first-order chi connectivity index (χ1) is 5.11. The summed E-state index contributed by atoms with van der Waals surface area (Å²) in [7, 11) is 0. The van der Waals surface area contributed by atoms with Crippen molar-refractivity contribution in [3.63, 3.8) is 0 Å². The Hall–Kier alpha value is 0.150. The molecule has 1 amide bonds. The second-order valence-electron chi connectivity index (χ2n) is 1.99. The zero-order chi connectivity index (χ0) is 8.43. The minimum absolute atomic E-state index is 0.376. The van der Waals surface area contributed by atoms with Gasteiger partial charge >= 0.3 is 0 Å². The normalized spacial score (nSPS) is 9.64. The molecule has 0 heterocycles. The van der Waals surface area contributed by atoms with Crippen LogP contribution in [0.15, 0.2) is 18.2 Å². The van der Waals surface area contributed by atoms with Gasteiger partial charge < -0.3 is 5.73 Å². The van der Waals surface area contributed by atoms with Gasteiger partial charge in [0.2, 0.25) is 5.91 Å². The van der Waals surface area contributed by atoms with Crippen molar-refractivity contribution in [3.05, 3.63) is 30.9 Å². The van der Waals surface area contributed by atoms with Crippen molar-refractivity contribution < 1.29 is 4.79 Å². The maximum absolute atomic E-state index is 10.7. The first kappa shape index (κ1) is 9.24. The first-order valence-electron chi connectivity index (χ1n) is 2.86. The second-order valence-corrected chi connectivity index (χ2v) is 4.32. The predicted molar refractivity (Wildman–Crippen MR) is 60.4 cm³/mol. The lowest BCUT2D eigenvalue weighted by Gasteiger charge is -1.97. The molecule has 0 bridgehead atoms. The van der Waals surface area contributed by atoms with Crippen molar-refractivity contribution >= 4 is 51.1 Å². The van der Waals surface area contributed by atoms with Gasteiger partial charge in [-0.25, -0.2) is 0 Å². The highest BCUT2D eigenvalue weighted by molar-refractivity contribution is 14.1. The van der Waals surface area contributed by atoms with Crippen LogP contribution in [0.25, 0.3) is 0 Å². The van der Waals surface area contributed by atoms with E-state index < -0.39 is 0 Å². The molecule has 0 saturated carbocycles. The highest BCUT2D eigenvalue weighted by Gasteiger charge is 2.01. The number of carbonyl (C=O) groups excluding carboxylic acids is 1. The summed E-state index contributed by atoms with van der Waals surface area (Å²) in [6, 6.07) is 5.39. The Morgan fingerprint density at radius 3 is 2.36 bits per heavy atom. The fraction of sp³-hybridized carbons (Fsp3) is 0. The number of hydrogen-bond acceptors (Lipinski definition) is 1. The van der Waals surface area contributed by atoms with E-state index >= 15 is 0 Å². The summed E-state index contributed by atoms with van der Waals surface area (Å²) in [5.41, 5.74) is 5.65. The summed E-state index contributed by atoms with van der Waals surface area (Å²) in [4.78, 5) is 10.7. The lowest BCUT2D eigenvalue weighted by atomic mass is 10.2. The van der Waals surface area contributed by atoms with Crippen LogP contribution < -0.4 is 5.73 Å². The van der Waals surface area contributed by atoms with Gasteiger partial charge in [0.1, 0.15) is 0 Å². The molecular formula is C7H5I2NO. The molecule has 0 spiro atoms. The second kappa shape index (κ2) is 3.70. The van der Waals surface area contributed by atoms with E-state index in [0.29, 0.717) is 5.56 Å². The minimum atomic E-state index is -0.376. The molecule has 0 aliphatic rings. The van der Waals surface area contributed by atoms with Crippen LogP contribution in [0, 0.1) is 7.14 Å². The lowest BCUT2D eigenvalue weighted by molar-refractivity contribution is 0.1000. The summed E-state index contributed by atoms with van der Waals surface area (Å²) in [5, 5.41) is 0. The smallest absolute Gasteiger partial charge is 0.248 e. The summed E-state index contributed by atoms with van der Waals surface area (Å²) in [6.45, 7) is 0. The van der Waals surface area contributed by atoms with Crippen LogP contribution in [0.2, 0.25) is 0 Å². The summed E-state index contributed by atoms with van der Waals surface area (Å²) in [6.07, 6.45) is 0. The van der Waals surface area contributed by atoms with E-state index in [1.165, 1.54) is 0 Å². The molecule has 1 aromatic rings. The van der Waals surface area contributed by atoms with E-state index in [9.17, 15) is 4.79 Å². The largest absolute Gasteiger partial charge is 0.366 e. The van der Waals surface area contributed by atoms with E-state index in [4.69, 9.17) is 5.73 Å². The Bertz CT molecular complexity index is 298. The van der Waals surface area contributed by atoms with Gasteiger partial charge in [0.15, 0.2) is 0 Å². The zero-order valence-electron chi connectivity index (χ0n) is 5.47. The predicted octanol–water partition coefficient (Wildman–Crippen LogP) is 1.99. The Balaban J connectivity index is 3.15. The molecule has 0 saturated heterocycles. The fourth-order valence-electron chi connectivity index (χ4n) is 0.649. The molecule has 0 atom stereocenters. The van der Waals surface area contributed by atoms with Gasteiger partial charge in [-0.15, -0.1) is 0 Å². The third kappa shape index (κ3) is 2.29. The molecule has 2 N–H and O–H groups in total. The van der Waals surface area contributed by atoms with Gasteiger partial charge in [-0.05, 0) is 63.4 Å². The highest BCUT2D eigenvalue weighted by Crippen LogP contribution is 2.15. The van der Waals surface area contributed by atoms with Crippen LogP contribution in [-0.2, 0) is 0 Å². The van der Waals surface area contributed by atoms with Gasteiger partial charge in [-0.3, -0.25) is 4.79 Å². The molecule has 2 nitrogen and oxygen atoms in total. The van der Waals surface area contributed by atoms with Gasteiger partial charge in [-0.1, -0.05) is 0 Å². The molecule has 0 aliphatic heterocycles. The number of carbonyl (C=O) groups is 1. The topological polar surface area (TPSA) is 43.1 Å². The third-order valence-corrected chi connectivity index (χ3v) is 4.07. The standard InChI is InChI=1S/C7H5I2NO/c8-5-2-1-4(7(10)11)3-6(5)9/h1-3H,(H2,10,11). The van der Waals surface area contributed by atoms with E-state index in [1.807, 2.05) is 6.07 Å². The van der Waals surface area contributed by atoms with Crippen LogP contribution in [0.5, 0.6) is 0 Å². The van der Waals surface area contributed by atoms with Crippen LogP contribution in [0.4, 0.5) is 0 Å². The third-order valence-electron chi connectivity index (χ3n) is 1.20. The van der Waals surface area contributed by atoms with Crippen molar-refractivity contribution in [2.24, 2.45) is 5.73 Å². The molecule has 11 heavy (non-hydrogen) atoms. The number of benzene rings is 1. The van der Waals surface area contributed by atoms with Crippen molar-refractivity contribution in [3.8, 4) is 0 Å². The maximum Gasteiger partial charge on any atom is 0.248 e. The zero-order valence-corrected chi connectivity index (χ0v) is 9.79. The molecule has 0 radical (unpaired) electrons. The number of nitrogens with two attached hydrogens (primary N) is 1. The Kier molecular flexibility index (Phi) is 3.11. The molecule has 1 rings (SSSR count). The van der Waals surface area contributed by atoms with Crippen LogP contribution in [0.3, 0.4) is 0 Å². The van der Waals surface area contributed by atoms with Gasteiger partial charge in [0, 0.05) is 12.7 Å². The van der Waals surface area contributed by atoms with Crippen molar-refractivity contribution in [2.75, 3.05) is 0 Å². The van der Waals surface area contributed by atoms with Crippen LogP contribution >= 0.6 is 45.2 Å². The summed E-state index contributed by atoms with van der Waals surface area (Å²) in [5.74, 6) is -0.376.